The number of carbonyl (C=O) groups is 2. The molecule has 10 heteroatoms. The number of hydrogen-bond acceptors (Lipinski definition) is 6. The van der Waals surface area contributed by atoms with Gasteiger partial charge in [-0.25, -0.2) is 4.68 Å². The summed E-state index contributed by atoms with van der Waals surface area (Å²) < 4.78 is 8.81. The number of aryl methyl sites for hydroxylation is 1. The van der Waals surface area contributed by atoms with E-state index in [0.29, 0.717) is 36.7 Å². The van der Waals surface area contributed by atoms with Crippen molar-refractivity contribution in [2.24, 2.45) is 0 Å². The Morgan fingerprint density at radius 3 is 2.19 bits per heavy atom. The van der Waals surface area contributed by atoms with Gasteiger partial charge in [-0.1, -0.05) is 0 Å². The fraction of sp³-hybridized carbons (Fsp3) is 0.296. The van der Waals surface area contributed by atoms with Crippen molar-refractivity contribution in [3.63, 3.8) is 0 Å². The molecule has 0 spiro atoms. The Balaban J connectivity index is 1.39. The smallest absolute Gasteiger partial charge is 0.277 e. The van der Waals surface area contributed by atoms with Crippen molar-refractivity contribution in [2.45, 2.75) is 32.6 Å². The highest BCUT2D eigenvalue weighted by Gasteiger charge is 2.34. The molecule has 2 aromatic heterocycles. The number of anilines is 2. The van der Waals surface area contributed by atoms with E-state index in [9.17, 15) is 9.59 Å². The van der Waals surface area contributed by atoms with Gasteiger partial charge >= 0.3 is 0 Å². The van der Waals surface area contributed by atoms with E-state index in [4.69, 9.17) is 9.84 Å². The molecule has 2 aliphatic rings. The van der Waals surface area contributed by atoms with Crippen LogP contribution in [0.3, 0.4) is 0 Å². The van der Waals surface area contributed by atoms with Crippen LogP contribution in [0.2, 0.25) is 0 Å². The number of nitrogens with zero attached hydrogens (tertiary/aromatic N) is 7. The Kier molecular flexibility index (Phi) is 5.71. The second-order valence-corrected chi connectivity index (χ2v) is 9.23. The van der Waals surface area contributed by atoms with Gasteiger partial charge in [-0.2, -0.15) is 0 Å². The number of aromatic nitrogens is 5. The summed E-state index contributed by atoms with van der Waals surface area (Å²) in [7, 11) is 1.62. The van der Waals surface area contributed by atoms with Crippen molar-refractivity contribution < 1.29 is 14.3 Å². The molecule has 0 atom stereocenters. The fourth-order valence-corrected chi connectivity index (χ4v) is 5.08. The molecule has 0 radical (unpaired) electrons. The Hall–Kier alpha value is -4.47. The molecule has 2 amide bonds. The third-order valence-corrected chi connectivity index (χ3v) is 7.06. The number of carbonyl (C=O) groups excluding carboxylic acids is 2. The molecule has 0 unspecified atom stereocenters. The first kappa shape index (κ1) is 23.0. The van der Waals surface area contributed by atoms with E-state index in [1.54, 1.807) is 23.0 Å². The second kappa shape index (κ2) is 9.20. The predicted octanol–water partition coefficient (Wildman–Crippen LogP) is 3.49. The van der Waals surface area contributed by atoms with E-state index in [1.165, 1.54) is 0 Å². The monoisotopic (exact) mass is 497 g/mol. The number of fused-ring (bicyclic) bond motifs is 1. The SMILES string of the molecule is COc1ccc(-n2nc(-n3cnnc3C)c3c2C(=O)N(c2ccc(N4CCCCC4=O)cc2)CC3)cc1. The first-order valence-electron chi connectivity index (χ1n) is 12.4. The van der Waals surface area contributed by atoms with Crippen LogP contribution in [0.25, 0.3) is 11.5 Å². The molecule has 4 heterocycles. The van der Waals surface area contributed by atoms with Gasteiger partial charge in [0.25, 0.3) is 5.91 Å². The Morgan fingerprint density at radius 2 is 1.54 bits per heavy atom. The molecule has 1 saturated heterocycles. The zero-order valence-electron chi connectivity index (χ0n) is 20.8. The fourth-order valence-electron chi connectivity index (χ4n) is 5.08. The van der Waals surface area contributed by atoms with Crippen LogP contribution in [-0.4, -0.2) is 56.6 Å². The van der Waals surface area contributed by atoms with Crippen LogP contribution in [0.5, 0.6) is 5.75 Å². The van der Waals surface area contributed by atoms with Crippen LogP contribution < -0.4 is 14.5 Å². The summed E-state index contributed by atoms with van der Waals surface area (Å²) in [5.41, 5.74) is 3.77. The molecule has 0 aliphatic carbocycles. The van der Waals surface area contributed by atoms with Crippen LogP contribution in [0.4, 0.5) is 11.4 Å². The molecule has 2 aromatic carbocycles. The summed E-state index contributed by atoms with van der Waals surface area (Å²) >= 11 is 0. The second-order valence-electron chi connectivity index (χ2n) is 9.23. The molecule has 10 nitrogen and oxygen atoms in total. The van der Waals surface area contributed by atoms with Crippen molar-refractivity contribution in [1.29, 1.82) is 0 Å². The van der Waals surface area contributed by atoms with Gasteiger partial charge in [0.15, 0.2) is 5.82 Å². The van der Waals surface area contributed by atoms with Gasteiger partial charge in [0, 0.05) is 36.4 Å². The van der Waals surface area contributed by atoms with Gasteiger partial charge in [-0.15, -0.1) is 15.3 Å². The summed E-state index contributed by atoms with van der Waals surface area (Å²) in [4.78, 5) is 29.9. The normalized spacial score (nSPS) is 15.7. The number of amides is 2. The average molecular weight is 498 g/mol. The molecule has 0 N–H and O–H groups in total. The molecule has 188 valence electrons. The Labute approximate surface area is 214 Å². The molecule has 6 rings (SSSR count). The van der Waals surface area contributed by atoms with Gasteiger partial charge < -0.3 is 14.5 Å². The first-order valence-corrected chi connectivity index (χ1v) is 12.4. The topological polar surface area (TPSA) is 98.4 Å². The van der Waals surface area contributed by atoms with Crippen LogP contribution >= 0.6 is 0 Å². The van der Waals surface area contributed by atoms with Gasteiger partial charge in [0.05, 0.1) is 12.8 Å². The molecule has 2 aliphatic heterocycles. The van der Waals surface area contributed by atoms with Crippen molar-refractivity contribution in [3.05, 3.63) is 71.9 Å². The zero-order chi connectivity index (χ0) is 25.5. The largest absolute Gasteiger partial charge is 0.497 e. The number of benzene rings is 2. The summed E-state index contributed by atoms with van der Waals surface area (Å²) in [5, 5.41) is 13.0. The number of methoxy groups -OCH3 is 1. The summed E-state index contributed by atoms with van der Waals surface area (Å²) in [6, 6.07) is 15.1. The number of hydrogen-bond donors (Lipinski definition) is 0. The minimum absolute atomic E-state index is 0.136. The minimum atomic E-state index is -0.136. The maximum atomic E-state index is 14.0. The van der Waals surface area contributed by atoms with E-state index in [1.807, 2.05) is 64.9 Å². The highest BCUT2D eigenvalue weighted by molar-refractivity contribution is 6.08. The van der Waals surface area contributed by atoms with Crippen molar-refractivity contribution >= 4 is 23.2 Å². The molecule has 4 aromatic rings. The summed E-state index contributed by atoms with van der Waals surface area (Å²) in [6.07, 6.45) is 4.77. The molecular weight excluding hydrogens is 470 g/mol. The molecule has 0 saturated carbocycles. The lowest BCUT2D eigenvalue weighted by molar-refractivity contribution is -0.119. The highest BCUT2D eigenvalue weighted by atomic mass is 16.5. The molecule has 0 bridgehead atoms. The van der Waals surface area contributed by atoms with Gasteiger partial charge in [-0.05, 0) is 74.7 Å². The van der Waals surface area contributed by atoms with E-state index >= 15 is 0 Å². The quantitative estimate of drug-likeness (QED) is 0.419. The Morgan fingerprint density at radius 1 is 0.838 bits per heavy atom. The molecule has 37 heavy (non-hydrogen) atoms. The van der Waals surface area contributed by atoms with Crippen molar-refractivity contribution in [2.75, 3.05) is 30.0 Å². The molecule has 1 fully saturated rings. The van der Waals surface area contributed by atoms with E-state index < -0.39 is 0 Å². The number of ether oxygens (including phenoxy) is 1. The van der Waals surface area contributed by atoms with Crippen LogP contribution in [-0.2, 0) is 11.2 Å². The third-order valence-electron chi connectivity index (χ3n) is 7.06. The molecular formula is C27H27N7O3. The minimum Gasteiger partial charge on any atom is -0.497 e. The van der Waals surface area contributed by atoms with Gasteiger partial charge in [0.2, 0.25) is 5.91 Å². The average Bonchev–Trinajstić information content (AvgIpc) is 3.53. The Bertz CT molecular complexity index is 1470. The van der Waals surface area contributed by atoms with E-state index in [-0.39, 0.29) is 11.8 Å². The van der Waals surface area contributed by atoms with Crippen molar-refractivity contribution in [3.8, 4) is 17.3 Å². The lowest BCUT2D eigenvalue weighted by Gasteiger charge is -2.29. The van der Waals surface area contributed by atoms with Crippen LogP contribution in [0, 0.1) is 6.92 Å². The van der Waals surface area contributed by atoms with Crippen LogP contribution in [0.15, 0.2) is 54.9 Å². The maximum absolute atomic E-state index is 14.0. The first-order chi connectivity index (χ1) is 18.0. The number of rotatable bonds is 5. The predicted molar refractivity (Wildman–Crippen MR) is 138 cm³/mol. The summed E-state index contributed by atoms with van der Waals surface area (Å²) in [5.74, 6) is 2.08. The zero-order valence-corrected chi connectivity index (χ0v) is 20.8. The highest BCUT2D eigenvalue weighted by Crippen LogP contribution is 2.32. The lowest BCUT2D eigenvalue weighted by atomic mass is 10.0. The van der Waals surface area contributed by atoms with E-state index in [0.717, 1.165) is 47.8 Å². The van der Waals surface area contributed by atoms with E-state index in [2.05, 4.69) is 10.2 Å². The lowest BCUT2D eigenvalue weighted by Crippen LogP contribution is -2.39. The maximum Gasteiger partial charge on any atom is 0.277 e. The van der Waals surface area contributed by atoms with Crippen LogP contribution in [0.1, 0.15) is 41.1 Å². The van der Waals surface area contributed by atoms with Crippen molar-refractivity contribution in [1.82, 2.24) is 24.5 Å². The summed E-state index contributed by atoms with van der Waals surface area (Å²) in [6.45, 7) is 3.10. The standard InChI is InChI=1S/C27H27N7O3/c1-18-29-28-17-33(18)26-23-14-16-32(20-8-6-19(7-9-20)31-15-4-3-5-24(31)35)27(36)25(23)34(30-26)21-10-12-22(37-2)13-11-21/h6-13,17H,3-5,14-16H2,1-2H3. The van der Waals surface area contributed by atoms with Gasteiger partial charge in [0.1, 0.15) is 23.6 Å². The van der Waals surface area contributed by atoms with Gasteiger partial charge in [-0.3, -0.25) is 14.2 Å². The number of piperidine rings is 1. The third kappa shape index (κ3) is 3.94.